The molecule has 21 heavy (non-hydrogen) atoms. The Bertz CT molecular complexity index is 801. The van der Waals surface area contributed by atoms with Gasteiger partial charge < -0.3 is 9.52 Å². The Morgan fingerprint density at radius 2 is 2.05 bits per heavy atom. The zero-order valence-corrected chi connectivity index (χ0v) is 11.7. The molecule has 2 heterocycles. The van der Waals surface area contributed by atoms with E-state index < -0.39 is 5.97 Å². The lowest BCUT2D eigenvalue weighted by Gasteiger charge is -2.10. The minimum absolute atomic E-state index is 0.107. The number of carboxylic acids is 1. The van der Waals surface area contributed by atoms with E-state index >= 15 is 0 Å². The van der Waals surface area contributed by atoms with Crippen molar-refractivity contribution in [2.45, 2.75) is 13.8 Å². The Balaban J connectivity index is 2.22. The van der Waals surface area contributed by atoms with Crippen LogP contribution in [0.25, 0.3) is 17.1 Å². The summed E-state index contributed by atoms with van der Waals surface area (Å²) in [7, 11) is 0. The number of nitrogens with zero attached hydrogens (tertiary/aromatic N) is 2. The molecule has 3 rings (SSSR count). The third-order valence-electron chi connectivity index (χ3n) is 3.51. The molecule has 0 amide bonds. The fourth-order valence-corrected chi connectivity index (χ4v) is 2.23. The molecule has 106 valence electrons. The van der Waals surface area contributed by atoms with E-state index in [9.17, 15) is 9.90 Å². The highest BCUT2D eigenvalue weighted by molar-refractivity contribution is 5.88. The van der Waals surface area contributed by atoms with E-state index in [1.807, 2.05) is 32.0 Å². The Morgan fingerprint density at radius 3 is 2.71 bits per heavy atom. The molecular formula is C16H14N2O3. The number of hydrogen-bond donors (Lipinski definition) is 1. The predicted molar refractivity (Wildman–Crippen MR) is 77.7 cm³/mol. The van der Waals surface area contributed by atoms with E-state index in [-0.39, 0.29) is 5.69 Å². The quantitative estimate of drug-likeness (QED) is 0.799. The largest absolute Gasteiger partial charge is 0.477 e. The highest BCUT2D eigenvalue weighted by atomic mass is 16.4. The summed E-state index contributed by atoms with van der Waals surface area (Å²) >= 11 is 0. The summed E-state index contributed by atoms with van der Waals surface area (Å²) in [6, 6.07) is 10.7. The molecule has 2 aromatic heterocycles. The first-order valence-corrected chi connectivity index (χ1v) is 6.52. The normalized spacial score (nSPS) is 10.8. The summed E-state index contributed by atoms with van der Waals surface area (Å²) in [5.41, 5.74) is 3.44. The van der Waals surface area contributed by atoms with Crippen LogP contribution in [0.3, 0.4) is 0 Å². The monoisotopic (exact) mass is 282 g/mol. The molecule has 0 spiro atoms. The van der Waals surface area contributed by atoms with Gasteiger partial charge in [-0.2, -0.15) is 5.10 Å². The van der Waals surface area contributed by atoms with Gasteiger partial charge in [-0.1, -0.05) is 12.1 Å². The summed E-state index contributed by atoms with van der Waals surface area (Å²) in [6.07, 6.45) is 1.53. The van der Waals surface area contributed by atoms with Crippen LogP contribution in [0.1, 0.15) is 21.6 Å². The minimum Gasteiger partial charge on any atom is -0.477 e. The predicted octanol–water partition coefficient (Wildman–Crippen LogP) is 3.45. The topological polar surface area (TPSA) is 68.3 Å². The molecule has 0 radical (unpaired) electrons. The van der Waals surface area contributed by atoms with Gasteiger partial charge in [-0.25, -0.2) is 9.48 Å². The molecule has 1 aromatic carbocycles. The molecule has 0 saturated heterocycles. The molecule has 0 aliphatic rings. The maximum absolute atomic E-state index is 11.5. The second-order valence-electron chi connectivity index (χ2n) is 4.83. The van der Waals surface area contributed by atoms with Crippen LogP contribution in [-0.2, 0) is 0 Å². The van der Waals surface area contributed by atoms with Crippen molar-refractivity contribution in [2.75, 3.05) is 0 Å². The number of carboxylic acid groups (broad SMARTS) is 1. The van der Waals surface area contributed by atoms with Crippen LogP contribution in [0, 0.1) is 13.8 Å². The van der Waals surface area contributed by atoms with Gasteiger partial charge in [0.2, 0.25) is 0 Å². The van der Waals surface area contributed by atoms with Gasteiger partial charge in [-0.05, 0) is 43.2 Å². The lowest BCUT2D eigenvalue weighted by Crippen LogP contribution is -2.09. The number of aryl methyl sites for hydroxylation is 1. The van der Waals surface area contributed by atoms with Crippen molar-refractivity contribution in [2.24, 2.45) is 0 Å². The number of carbonyl (C=O) groups is 1. The highest BCUT2D eigenvalue weighted by Gasteiger charge is 2.19. The number of furan rings is 1. The lowest BCUT2D eigenvalue weighted by atomic mass is 10.1. The van der Waals surface area contributed by atoms with Gasteiger partial charge in [0.25, 0.3) is 0 Å². The highest BCUT2D eigenvalue weighted by Crippen LogP contribution is 2.24. The third-order valence-corrected chi connectivity index (χ3v) is 3.51. The van der Waals surface area contributed by atoms with Crippen LogP contribution >= 0.6 is 0 Å². The SMILES string of the molecule is Cc1cccc(-n2nc(-c3ccco3)cc2C(=O)O)c1C. The Morgan fingerprint density at radius 1 is 1.24 bits per heavy atom. The van der Waals surface area contributed by atoms with Crippen LogP contribution in [0.4, 0.5) is 0 Å². The molecule has 3 aromatic rings. The van der Waals surface area contributed by atoms with Gasteiger partial charge in [-0.15, -0.1) is 0 Å². The molecule has 0 saturated carbocycles. The van der Waals surface area contributed by atoms with Gasteiger partial charge in [0.1, 0.15) is 5.69 Å². The van der Waals surface area contributed by atoms with Crippen molar-refractivity contribution in [3.8, 4) is 17.1 Å². The average molecular weight is 282 g/mol. The lowest BCUT2D eigenvalue weighted by molar-refractivity contribution is 0.0687. The van der Waals surface area contributed by atoms with Gasteiger partial charge in [-0.3, -0.25) is 0 Å². The summed E-state index contributed by atoms with van der Waals surface area (Å²) < 4.78 is 6.74. The van der Waals surface area contributed by atoms with Crippen molar-refractivity contribution in [3.05, 3.63) is 59.5 Å². The standard InChI is InChI=1S/C16H14N2O3/c1-10-5-3-6-13(11(10)2)18-14(16(19)20)9-12(17-18)15-7-4-8-21-15/h3-9H,1-2H3,(H,19,20). The maximum Gasteiger partial charge on any atom is 0.354 e. The smallest absolute Gasteiger partial charge is 0.354 e. The molecule has 5 nitrogen and oxygen atoms in total. The second kappa shape index (κ2) is 4.94. The van der Waals surface area contributed by atoms with Crippen LogP contribution in [0.15, 0.2) is 47.1 Å². The maximum atomic E-state index is 11.5. The summed E-state index contributed by atoms with van der Waals surface area (Å²) in [4.78, 5) is 11.5. The van der Waals surface area contributed by atoms with Crippen LogP contribution < -0.4 is 0 Å². The molecule has 0 atom stereocenters. The number of hydrogen-bond acceptors (Lipinski definition) is 3. The van der Waals surface area contributed by atoms with E-state index in [1.165, 1.54) is 17.0 Å². The first kappa shape index (κ1) is 13.2. The average Bonchev–Trinajstić information content (AvgIpc) is 3.09. The van der Waals surface area contributed by atoms with Crippen molar-refractivity contribution < 1.29 is 14.3 Å². The minimum atomic E-state index is -1.03. The van der Waals surface area contributed by atoms with Crippen LogP contribution in [0.5, 0.6) is 0 Å². The second-order valence-corrected chi connectivity index (χ2v) is 4.83. The third kappa shape index (κ3) is 2.23. The number of benzene rings is 1. The van der Waals surface area contributed by atoms with Gasteiger partial charge in [0, 0.05) is 6.07 Å². The van der Waals surface area contributed by atoms with E-state index in [4.69, 9.17) is 4.42 Å². The van der Waals surface area contributed by atoms with E-state index in [0.29, 0.717) is 11.5 Å². The van der Waals surface area contributed by atoms with E-state index in [1.54, 1.807) is 12.1 Å². The zero-order chi connectivity index (χ0) is 15.0. The summed E-state index contributed by atoms with van der Waals surface area (Å²) in [6.45, 7) is 3.93. The van der Waals surface area contributed by atoms with E-state index in [2.05, 4.69) is 5.10 Å². The Labute approximate surface area is 121 Å². The van der Waals surface area contributed by atoms with Crippen molar-refractivity contribution >= 4 is 5.97 Å². The van der Waals surface area contributed by atoms with Crippen molar-refractivity contribution in [1.29, 1.82) is 0 Å². The molecule has 5 heteroatoms. The van der Waals surface area contributed by atoms with Crippen molar-refractivity contribution in [1.82, 2.24) is 9.78 Å². The van der Waals surface area contributed by atoms with E-state index in [0.717, 1.165) is 16.8 Å². The Kier molecular flexibility index (Phi) is 3.10. The molecule has 0 bridgehead atoms. The molecule has 0 aliphatic carbocycles. The van der Waals surface area contributed by atoms with Gasteiger partial charge >= 0.3 is 5.97 Å². The number of rotatable bonds is 3. The van der Waals surface area contributed by atoms with Gasteiger partial charge in [0.05, 0.1) is 12.0 Å². The van der Waals surface area contributed by atoms with Crippen LogP contribution in [0.2, 0.25) is 0 Å². The molecule has 0 aliphatic heterocycles. The van der Waals surface area contributed by atoms with Crippen LogP contribution in [-0.4, -0.2) is 20.9 Å². The molecule has 0 fully saturated rings. The Hall–Kier alpha value is -2.82. The summed E-state index contributed by atoms with van der Waals surface area (Å²) in [5, 5.41) is 13.8. The van der Waals surface area contributed by atoms with Gasteiger partial charge in [0.15, 0.2) is 11.5 Å². The number of aromatic carboxylic acids is 1. The molecule has 1 N–H and O–H groups in total. The zero-order valence-electron chi connectivity index (χ0n) is 11.7. The molecular weight excluding hydrogens is 268 g/mol. The fraction of sp³-hybridized carbons (Fsp3) is 0.125. The fourth-order valence-electron chi connectivity index (χ4n) is 2.23. The summed E-state index contributed by atoms with van der Waals surface area (Å²) in [5.74, 6) is -0.484. The number of aromatic nitrogens is 2. The van der Waals surface area contributed by atoms with Crippen molar-refractivity contribution in [3.63, 3.8) is 0 Å². The first-order valence-electron chi connectivity index (χ1n) is 6.52. The first-order chi connectivity index (χ1) is 10.1. The molecule has 0 unspecified atom stereocenters.